The quantitative estimate of drug-likeness (QED) is 0.461. The van der Waals surface area contributed by atoms with Crippen LogP contribution in [-0.2, 0) is 11.3 Å². The first-order chi connectivity index (χ1) is 16.4. The van der Waals surface area contributed by atoms with Gasteiger partial charge in [-0.05, 0) is 130 Å². The Kier molecular flexibility index (Phi) is 6.85. The van der Waals surface area contributed by atoms with Crippen LogP contribution < -0.4 is 5.32 Å². The Morgan fingerprint density at radius 3 is 2.74 bits per heavy atom. The van der Waals surface area contributed by atoms with E-state index in [1.165, 1.54) is 56.2 Å². The number of aliphatic imine (C=N–C) groups is 1. The smallest absolute Gasteiger partial charge is 0.0882 e. The van der Waals surface area contributed by atoms with Gasteiger partial charge in [0.25, 0.3) is 0 Å². The SMILES string of the molecule is C=NCc1cccc(N[C@@H](C)[C@H]2CC[C@H]3[C@@H]4CC[C@@H]5C[C@@](O)(COC)CC[C@@H]5[C@H]4CC[C@]23C)c1. The molecular weight excluding hydrogens is 420 g/mol. The topological polar surface area (TPSA) is 53.9 Å². The largest absolute Gasteiger partial charge is 0.387 e. The lowest BCUT2D eigenvalue weighted by Gasteiger charge is -2.57. The first-order valence-corrected chi connectivity index (χ1v) is 13.9. The molecule has 4 saturated carbocycles. The van der Waals surface area contributed by atoms with E-state index in [9.17, 15) is 5.11 Å². The molecule has 4 heteroatoms. The van der Waals surface area contributed by atoms with Crippen LogP contribution in [0.25, 0.3) is 0 Å². The summed E-state index contributed by atoms with van der Waals surface area (Å²) in [6.07, 6.45) is 11.3. The molecule has 4 fully saturated rings. The van der Waals surface area contributed by atoms with E-state index >= 15 is 0 Å². The summed E-state index contributed by atoms with van der Waals surface area (Å²) in [5.74, 6) is 4.92. The first-order valence-electron chi connectivity index (χ1n) is 13.9. The van der Waals surface area contributed by atoms with Crippen molar-refractivity contribution in [3.63, 3.8) is 0 Å². The molecule has 1 aromatic carbocycles. The molecule has 0 saturated heterocycles. The van der Waals surface area contributed by atoms with Crippen LogP contribution in [0.2, 0.25) is 0 Å². The molecule has 0 amide bonds. The minimum Gasteiger partial charge on any atom is -0.387 e. The van der Waals surface area contributed by atoms with Gasteiger partial charge in [0.05, 0.1) is 18.8 Å². The minimum absolute atomic E-state index is 0.451. The molecule has 34 heavy (non-hydrogen) atoms. The monoisotopic (exact) mass is 466 g/mol. The molecule has 4 aliphatic rings. The van der Waals surface area contributed by atoms with Gasteiger partial charge in [-0.2, -0.15) is 0 Å². The molecule has 0 heterocycles. The van der Waals surface area contributed by atoms with Crippen molar-refractivity contribution in [3.05, 3.63) is 29.8 Å². The van der Waals surface area contributed by atoms with Gasteiger partial charge < -0.3 is 15.2 Å². The van der Waals surface area contributed by atoms with Crippen LogP contribution in [0, 0.1) is 40.9 Å². The summed E-state index contributed by atoms with van der Waals surface area (Å²) >= 11 is 0. The third-order valence-corrected chi connectivity index (χ3v) is 10.8. The molecule has 0 spiro atoms. The van der Waals surface area contributed by atoms with E-state index < -0.39 is 5.60 Å². The highest BCUT2D eigenvalue weighted by Crippen LogP contribution is 2.65. The lowest BCUT2D eigenvalue weighted by atomic mass is 9.48. The number of nitrogens with zero attached hydrogens (tertiary/aromatic N) is 1. The molecule has 0 aliphatic heterocycles. The van der Waals surface area contributed by atoms with Crippen LogP contribution in [-0.4, -0.2) is 37.2 Å². The Bertz CT molecular complexity index is 873. The fraction of sp³-hybridized carbons (Fsp3) is 0.767. The molecule has 0 radical (unpaired) electrons. The van der Waals surface area contributed by atoms with Crippen molar-refractivity contribution in [3.8, 4) is 0 Å². The number of rotatable bonds is 7. The molecule has 1 aromatic rings. The number of methoxy groups -OCH3 is 1. The van der Waals surface area contributed by atoms with E-state index in [0.29, 0.717) is 30.5 Å². The average Bonchev–Trinajstić information content (AvgIpc) is 3.16. The lowest BCUT2D eigenvalue weighted by molar-refractivity contribution is -0.124. The van der Waals surface area contributed by atoms with Gasteiger partial charge in [-0.3, -0.25) is 4.99 Å². The third-order valence-electron chi connectivity index (χ3n) is 10.8. The van der Waals surface area contributed by atoms with Crippen LogP contribution in [0.4, 0.5) is 5.69 Å². The predicted molar refractivity (Wildman–Crippen MR) is 140 cm³/mol. The molecular formula is C30H46N2O2. The van der Waals surface area contributed by atoms with Crippen LogP contribution in [0.15, 0.2) is 29.3 Å². The number of aliphatic hydroxyl groups is 1. The molecule has 0 bridgehead atoms. The third kappa shape index (κ3) is 4.34. The maximum Gasteiger partial charge on any atom is 0.0882 e. The first kappa shape index (κ1) is 24.3. The van der Waals surface area contributed by atoms with Crippen molar-refractivity contribution in [1.29, 1.82) is 0 Å². The Morgan fingerprint density at radius 1 is 1.12 bits per heavy atom. The van der Waals surface area contributed by atoms with Crippen molar-refractivity contribution in [2.75, 3.05) is 19.0 Å². The van der Waals surface area contributed by atoms with E-state index in [0.717, 1.165) is 42.4 Å². The zero-order valence-electron chi connectivity index (χ0n) is 21.6. The molecule has 188 valence electrons. The van der Waals surface area contributed by atoms with Crippen LogP contribution in [0.3, 0.4) is 0 Å². The molecule has 4 aliphatic carbocycles. The van der Waals surface area contributed by atoms with E-state index in [1.54, 1.807) is 7.11 Å². The molecule has 0 aromatic heterocycles. The molecule has 0 unspecified atom stereocenters. The second-order valence-electron chi connectivity index (χ2n) is 12.6. The van der Waals surface area contributed by atoms with E-state index in [-0.39, 0.29) is 0 Å². The number of fused-ring (bicyclic) bond motifs is 5. The number of ether oxygens (including phenoxy) is 1. The van der Waals surface area contributed by atoms with Gasteiger partial charge in [0, 0.05) is 18.8 Å². The molecule has 9 atom stereocenters. The maximum absolute atomic E-state index is 11.0. The number of hydrogen-bond acceptors (Lipinski definition) is 4. The zero-order valence-corrected chi connectivity index (χ0v) is 21.6. The Labute approximate surface area is 207 Å². The van der Waals surface area contributed by atoms with Gasteiger partial charge >= 0.3 is 0 Å². The highest BCUT2D eigenvalue weighted by molar-refractivity contribution is 5.47. The van der Waals surface area contributed by atoms with Gasteiger partial charge in [0.2, 0.25) is 0 Å². The summed E-state index contributed by atoms with van der Waals surface area (Å²) in [6, 6.07) is 9.19. The summed E-state index contributed by atoms with van der Waals surface area (Å²) in [5.41, 5.74) is 2.32. The summed E-state index contributed by atoms with van der Waals surface area (Å²) in [6.45, 7) is 9.88. The number of benzene rings is 1. The van der Waals surface area contributed by atoms with E-state index in [1.807, 2.05) is 0 Å². The standard InChI is InChI=1S/C30H46N2O2/c1-20(32-23-7-5-6-21(16-23)18-31-3)27-10-11-28-26-9-8-22-17-30(33,19-34-4)15-13-24(22)25(26)12-14-29(27,28)2/h5-7,16,20,22,24-28,32-33H,3,8-15,17-19H2,1-2,4H3/t20-,22+,24-,25+,26+,27+,28-,29+,30+/m0/s1. The summed E-state index contributed by atoms with van der Waals surface area (Å²) < 4.78 is 5.37. The van der Waals surface area contributed by atoms with Gasteiger partial charge in [-0.25, -0.2) is 0 Å². The zero-order chi connectivity index (χ0) is 23.9. The van der Waals surface area contributed by atoms with E-state index in [2.05, 4.69) is 55.1 Å². The van der Waals surface area contributed by atoms with Gasteiger partial charge in [0.1, 0.15) is 0 Å². The van der Waals surface area contributed by atoms with Crippen LogP contribution >= 0.6 is 0 Å². The Balaban J connectivity index is 1.26. The van der Waals surface area contributed by atoms with Crippen LogP contribution in [0.1, 0.15) is 77.2 Å². The van der Waals surface area contributed by atoms with Crippen molar-refractivity contribution < 1.29 is 9.84 Å². The second kappa shape index (κ2) is 9.58. The normalized spacial score (nSPS) is 42.2. The lowest BCUT2D eigenvalue weighted by Crippen LogP contribution is -2.52. The predicted octanol–water partition coefficient (Wildman–Crippen LogP) is 6.33. The minimum atomic E-state index is -0.579. The van der Waals surface area contributed by atoms with E-state index in [4.69, 9.17) is 4.74 Å². The second-order valence-corrected chi connectivity index (χ2v) is 12.6. The van der Waals surface area contributed by atoms with Crippen LogP contribution in [0.5, 0.6) is 0 Å². The highest BCUT2D eigenvalue weighted by atomic mass is 16.5. The molecule has 5 rings (SSSR count). The summed E-state index contributed by atoms with van der Waals surface area (Å²) in [7, 11) is 1.73. The molecule has 2 N–H and O–H groups in total. The summed E-state index contributed by atoms with van der Waals surface area (Å²) in [4.78, 5) is 4.05. The number of anilines is 1. The number of hydrogen-bond donors (Lipinski definition) is 2. The fourth-order valence-corrected chi connectivity index (χ4v) is 9.48. The highest BCUT2D eigenvalue weighted by Gasteiger charge is 2.58. The maximum atomic E-state index is 11.0. The van der Waals surface area contributed by atoms with Gasteiger partial charge in [-0.1, -0.05) is 19.1 Å². The van der Waals surface area contributed by atoms with Gasteiger partial charge in [-0.15, -0.1) is 0 Å². The Morgan fingerprint density at radius 2 is 1.94 bits per heavy atom. The van der Waals surface area contributed by atoms with Crippen molar-refractivity contribution >= 4 is 12.4 Å². The Hall–Kier alpha value is -1.39. The van der Waals surface area contributed by atoms with Gasteiger partial charge in [0.15, 0.2) is 0 Å². The fourth-order valence-electron chi connectivity index (χ4n) is 9.48. The summed E-state index contributed by atoms with van der Waals surface area (Å²) in [5, 5.41) is 14.9. The van der Waals surface area contributed by atoms with Crippen molar-refractivity contribution in [2.45, 2.75) is 89.8 Å². The van der Waals surface area contributed by atoms with Crippen molar-refractivity contribution in [1.82, 2.24) is 0 Å². The average molecular weight is 467 g/mol. The van der Waals surface area contributed by atoms with Crippen molar-refractivity contribution in [2.24, 2.45) is 45.9 Å². The molecule has 4 nitrogen and oxygen atoms in total. The number of nitrogens with one attached hydrogen (secondary N) is 1.